The summed E-state index contributed by atoms with van der Waals surface area (Å²) in [5, 5.41) is 9.88. The molecule has 1 aromatic heterocycles. The SMILES string of the molecule is CCOC(=O)C(CNC(=O)Cn1c(-c2cccc(C)c2)n[nH]c1=S)Cc1ccccc1. The van der Waals surface area contributed by atoms with Gasteiger partial charge in [0.25, 0.3) is 0 Å². The Morgan fingerprint density at radius 3 is 2.68 bits per heavy atom. The lowest BCUT2D eigenvalue weighted by Crippen LogP contribution is -2.36. The van der Waals surface area contributed by atoms with Crippen molar-refractivity contribution in [2.24, 2.45) is 5.92 Å². The van der Waals surface area contributed by atoms with E-state index in [0.29, 0.717) is 23.6 Å². The fourth-order valence-electron chi connectivity index (χ4n) is 3.30. The van der Waals surface area contributed by atoms with E-state index in [1.165, 1.54) is 0 Å². The molecule has 0 bridgehead atoms. The molecule has 3 aromatic rings. The van der Waals surface area contributed by atoms with Gasteiger partial charge >= 0.3 is 5.97 Å². The summed E-state index contributed by atoms with van der Waals surface area (Å²) in [6, 6.07) is 17.5. The van der Waals surface area contributed by atoms with Gasteiger partial charge < -0.3 is 10.1 Å². The highest BCUT2D eigenvalue weighted by Gasteiger charge is 2.22. The second kappa shape index (κ2) is 10.7. The van der Waals surface area contributed by atoms with Crippen molar-refractivity contribution in [2.45, 2.75) is 26.8 Å². The summed E-state index contributed by atoms with van der Waals surface area (Å²) in [7, 11) is 0. The van der Waals surface area contributed by atoms with Gasteiger partial charge in [-0.3, -0.25) is 19.3 Å². The molecule has 0 aliphatic rings. The summed E-state index contributed by atoms with van der Waals surface area (Å²) < 4.78 is 7.20. The number of hydrogen-bond acceptors (Lipinski definition) is 5. The van der Waals surface area contributed by atoms with Crippen molar-refractivity contribution in [2.75, 3.05) is 13.2 Å². The lowest BCUT2D eigenvalue weighted by atomic mass is 9.99. The van der Waals surface area contributed by atoms with Crippen molar-refractivity contribution in [3.63, 3.8) is 0 Å². The molecule has 7 nitrogen and oxygen atoms in total. The summed E-state index contributed by atoms with van der Waals surface area (Å²) in [5.41, 5.74) is 2.96. The number of nitrogens with zero attached hydrogens (tertiary/aromatic N) is 2. The largest absolute Gasteiger partial charge is 0.466 e. The summed E-state index contributed by atoms with van der Waals surface area (Å²) in [6.07, 6.45) is 0.486. The summed E-state index contributed by atoms with van der Waals surface area (Å²) in [5.74, 6) is -0.462. The normalized spacial score (nSPS) is 11.7. The van der Waals surface area contributed by atoms with Crippen molar-refractivity contribution in [3.8, 4) is 11.4 Å². The second-order valence-corrected chi connectivity index (χ2v) is 7.64. The van der Waals surface area contributed by atoms with E-state index in [1.807, 2.05) is 61.5 Å². The Bertz CT molecular complexity index is 1090. The van der Waals surface area contributed by atoms with E-state index < -0.39 is 5.92 Å². The van der Waals surface area contributed by atoms with Gasteiger partial charge in [0, 0.05) is 12.1 Å². The maximum atomic E-state index is 12.7. The highest BCUT2D eigenvalue weighted by Crippen LogP contribution is 2.18. The standard InChI is InChI=1S/C23H26N4O3S/c1-3-30-22(29)19(13-17-9-5-4-6-10-17)14-24-20(28)15-27-21(25-26-23(27)31)18-11-7-8-16(2)12-18/h4-12,19H,3,13-15H2,1-2H3,(H,24,28)(H,26,31). The zero-order valence-electron chi connectivity index (χ0n) is 17.6. The van der Waals surface area contributed by atoms with Gasteiger partial charge in [0.2, 0.25) is 5.91 Å². The van der Waals surface area contributed by atoms with Crippen LogP contribution < -0.4 is 5.32 Å². The molecule has 1 heterocycles. The third kappa shape index (κ3) is 6.11. The molecule has 0 aliphatic heterocycles. The highest BCUT2D eigenvalue weighted by atomic mass is 32.1. The average molecular weight is 439 g/mol. The third-order valence-electron chi connectivity index (χ3n) is 4.83. The molecular weight excluding hydrogens is 412 g/mol. The number of carbonyl (C=O) groups is 2. The number of benzene rings is 2. The number of aromatic nitrogens is 3. The maximum absolute atomic E-state index is 12.7. The minimum atomic E-state index is -0.472. The first kappa shape index (κ1) is 22.4. The Morgan fingerprint density at radius 2 is 1.97 bits per heavy atom. The average Bonchev–Trinajstić information content (AvgIpc) is 3.12. The van der Waals surface area contributed by atoms with Gasteiger partial charge in [-0.1, -0.05) is 54.1 Å². The van der Waals surface area contributed by atoms with Crippen LogP contribution in [-0.2, 0) is 27.3 Å². The molecule has 0 radical (unpaired) electrons. The summed E-state index contributed by atoms with van der Waals surface area (Å²) in [6.45, 7) is 4.23. The number of amides is 1. The molecule has 1 amide bonds. The van der Waals surface area contributed by atoms with E-state index in [0.717, 1.165) is 16.7 Å². The number of aryl methyl sites for hydroxylation is 1. The number of hydrogen-bond donors (Lipinski definition) is 2. The van der Waals surface area contributed by atoms with Crippen LogP contribution in [0.25, 0.3) is 11.4 Å². The van der Waals surface area contributed by atoms with E-state index in [-0.39, 0.29) is 25.0 Å². The number of ether oxygens (including phenoxy) is 1. The topological polar surface area (TPSA) is 89.0 Å². The van der Waals surface area contributed by atoms with Crippen LogP contribution in [0.5, 0.6) is 0 Å². The Hall–Kier alpha value is -3.26. The first-order valence-corrected chi connectivity index (χ1v) is 10.6. The van der Waals surface area contributed by atoms with Gasteiger partial charge in [-0.05, 0) is 44.1 Å². The van der Waals surface area contributed by atoms with Crippen molar-refractivity contribution in [1.82, 2.24) is 20.1 Å². The van der Waals surface area contributed by atoms with Crippen LogP contribution in [0.1, 0.15) is 18.1 Å². The van der Waals surface area contributed by atoms with Crippen LogP contribution in [-0.4, -0.2) is 39.8 Å². The van der Waals surface area contributed by atoms with E-state index in [4.69, 9.17) is 17.0 Å². The van der Waals surface area contributed by atoms with Gasteiger partial charge in [0.1, 0.15) is 6.54 Å². The van der Waals surface area contributed by atoms with Crippen LogP contribution in [0.15, 0.2) is 54.6 Å². The van der Waals surface area contributed by atoms with Gasteiger partial charge in [-0.15, -0.1) is 0 Å². The van der Waals surface area contributed by atoms with Crippen LogP contribution in [0.2, 0.25) is 0 Å². The lowest BCUT2D eigenvalue weighted by Gasteiger charge is -2.17. The zero-order valence-corrected chi connectivity index (χ0v) is 18.4. The van der Waals surface area contributed by atoms with Crippen LogP contribution in [0.3, 0.4) is 0 Å². The molecule has 31 heavy (non-hydrogen) atoms. The van der Waals surface area contributed by atoms with Crippen LogP contribution >= 0.6 is 12.2 Å². The Kier molecular flexibility index (Phi) is 7.72. The van der Waals surface area contributed by atoms with E-state index in [1.54, 1.807) is 11.5 Å². The van der Waals surface area contributed by atoms with Crippen LogP contribution in [0.4, 0.5) is 0 Å². The monoisotopic (exact) mass is 438 g/mol. The van der Waals surface area contributed by atoms with Crippen molar-refractivity contribution < 1.29 is 14.3 Å². The van der Waals surface area contributed by atoms with Gasteiger partial charge in [-0.2, -0.15) is 5.10 Å². The zero-order chi connectivity index (χ0) is 22.2. The molecule has 162 valence electrons. The van der Waals surface area contributed by atoms with E-state index in [2.05, 4.69) is 15.5 Å². The molecule has 0 spiro atoms. The molecular formula is C23H26N4O3S. The quantitative estimate of drug-likeness (QED) is 0.395. The fraction of sp³-hybridized carbons (Fsp3) is 0.304. The van der Waals surface area contributed by atoms with Gasteiger partial charge in [-0.25, -0.2) is 0 Å². The molecule has 2 N–H and O–H groups in total. The minimum Gasteiger partial charge on any atom is -0.466 e. The molecule has 1 unspecified atom stereocenters. The predicted octanol–water partition coefficient (Wildman–Crippen LogP) is 3.45. The van der Waals surface area contributed by atoms with Gasteiger partial charge in [0.05, 0.1) is 12.5 Å². The van der Waals surface area contributed by atoms with Gasteiger partial charge in [0.15, 0.2) is 10.6 Å². The molecule has 0 fully saturated rings. The first-order valence-electron chi connectivity index (χ1n) is 10.2. The maximum Gasteiger partial charge on any atom is 0.311 e. The van der Waals surface area contributed by atoms with E-state index >= 15 is 0 Å². The summed E-state index contributed by atoms with van der Waals surface area (Å²) in [4.78, 5) is 25.1. The predicted molar refractivity (Wildman–Crippen MR) is 121 cm³/mol. The molecule has 3 rings (SSSR count). The molecule has 0 saturated heterocycles. The highest BCUT2D eigenvalue weighted by molar-refractivity contribution is 7.71. The molecule has 0 saturated carbocycles. The second-order valence-electron chi connectivity index (χ2n) is 7.25. The Labute approximate surface area is 186 Å². The summed E-state index contributed by atoms with van der Waals surface area (Å²) >= 11 is 5.31. The van der Waals surface area contributed by atoms with Crippen molar-refractivity contribution >= 4 is 24.1 Å². The minimum absolute atomic E-state index is 0.000505. The van der Waals surface area contributed by atoms with Crippen molar-refractivity contribution in [1.29, 1.82) is 0 Å². The molecule has 8 heteroatoms. The molecule has 1 atom stereocenters. The molecule has 2 aromatic carbocycles. The lowest BCUT2D eigenvalue weighted by molar-refractivity contribution is -0.147. The number of aromatic amines is 1. The number of H-pyrrole nitrogens is 1. The van der Waals surface area contributed by atoms with E-state index in [9.17, 15) is 9.59 Å². The first-order chi connectivity index (χ1) is 15.0. The van der Waals surface area contributed by atoms with Crippen LogP contribution in [0, 0.1) is 17.6 Å². The Morgan fingerprint density at radius 1 is 1.19 bits per heavy atom. The Balaban J connectivity index is 1.69. The fourth-order valence-corrected chi connectivity index (χ4v) is 3.50. The molecule has 0 aliphatic carbocycles. The van der Waals surface area contributed by atoms with Crippen molar-refractivity contribution in [3.05, 3.63) is 70.5 Å². The smallest absolute Gasteiger partial charge is 0.311 e. The number of nitrogens with one attached hydrogen (secondary N) is 2. The third-order valence-corrected chi connectivity index (χ3v) is 5.14. The number of carbonyl (C=O) groups excluding carboxylic acids is 2. The number of esters is 1. The number of rotatable bonds is 9.